The van der Waals surface area contributed by atoms with Crippen molar-refractivity contribution in [3.05, 3.63) is 53.7 Å². The van der Waals surface area contributed by atoms with Gasteiger partial charge in [0.05, 0.1) is 30.2 Å². The number of rotatable bonds is 5. The standard InChI is InChI=1S/C14H11FN2O2S/c15-12-6-10(7-16)3-4-13(12)20-9-14(18)17-8-11-2-1-5-19-11/h1-6H,8-9H2,(H,17,18). The van der Waals surface area contributed by atoms with Crippen molar-refractivity contribution in [1.82, 2.24) is 5.32 Å². The Morgan fingerprint density at radius 2 is 2.30 bits per heavy atom. The number of nitriles is 1. The van der Waals surface area contributed by atoms with E-state index in [9.17, 15) is 9.18 Å². The smallest absolute Gasteiger partial charge is 0.230 e. The summed E-state index contributed by atoms with van der Waals surface area (Å²) in [6.45, 7) is 0.308. The fourth-order valence-electron chi connectivity index (χ4n) is 1.48. The Bertz CT molecular complexity index is 635. The number of nitrogens with zero attached hydrogens (tertiary/aromatic N) is 1. The molecular weight excluding hydrogens is 279 g/mol. The predicted molar refractivity (Wildman–Crippen MR) is 72.4 cm³/mol. The molecule has 6 heteroatoms. The summed E-state index contributed by atoms with van der Waals surface area (Å²) in [5.41, 5.74) is 0.258. The zero-order chi connectivity index (χ0) is 14.4. The van der Waals surface area contributed by atoms with Crippen LogP contribution in [-0.2, 0) is 11.3 Å². The van der Waals surface area contributed by atoms with Gasteiger partial charge in [-0.25, -0.2) is 4.39 Å². The Kier molecular flexibility index (Phi) is 4.80. The summed E-state index contributed by atoms with van der Waals surface area (Å²) >= 11 is 1.08. The lowest BCUT2D eigenvalue weighted by Crippen LogP contribution is -2.24. The van der Waals surface area contributed by atoms with Gasteiger partial charge in [-0.3, -0.25) is 4.79 Å². The van der Waals surface area contributed by atoms with E-state index in [0.717, 1.165) is 17.8 Å². The van der Waals surface area contributed by atoms with Crippen LogP contribution < -0.4 is 5.32 Å². The van der Waals surface area contributed by atoms with Crippen LogP contribution in [0.4, 0.5) is 4.39 Å². The van der Waals surface area contributed by atoms with Crippen molar-refractivity contribution >= 4 is 17.7 Å². The lowest BCUT2D eigenvalue weighted by molar-refractivity contribution is -0.118. The molecule has 1 aromatic heterocycles. The molecule has 0 bridgehead atoms. The molecular formula is C14H11FN2O2S. The first-order valence-electron chi connectivity index (χ1n) is 5.80. The molecule has 0 atom stereocenters. The molecule has 1 amide bonds. The Morgan fingerprint density at radius 1 is 1.45 bits per heavy atom. The summed E-state index contributed by atoms with van der Waals surface area (Å²) < 4.78 is 18.7. The quantitative estimate of drug-likeness (QED) is 0.860. The van der Waals surface area contributed by atoms with Gasteiger partial charge in [0.15, 0.2) is 0 Å². The van der Waals surface area contributed by atoms with Gasteiger partial charge >= 0.3 is 0 Å². The molecule has 2 rings (SSSR count). The van der Waals surface area contributed by atoms with E-state index in [1.165, 1.54) is 18.4 Å². The SMILES string of the molecule is N#Cc1ccc(SCC(=O)NCc2ccco2)c(F)c1. The fourth-order valence-corrected chi connectivity index (χ4v) is 2.23. The molecule has 4 nitrogen and oxygen atoms in total. The minimum atomic E-state index is -0.493. The van der Waals surface area contributed by atoms with Crippen molar-refractivity contribution in [2.45, 2.75) is 11.4 Å². The van der Waals surface area contributed by atoms with Crippen LogP contribution in [0, 0.1) is 17.1 Å². The first kappa shape index (κ1) is 14.2. The third-order valence-corrected chi connectivity index (χ3v) is 3.51. The number of hydrogen-bond donors (Lipinski definition) is 1. The first-order chi connectivity index (χ1) is 9.69. The van der Waals surface area contributed by atoms with Gasteiger partial charge in [-0.2, -0.15) is 5.26 Å². The van der Waals surface area contributed by atoms with Crippen molar-refractivity contribution in [2.75, 3.05) is 5.75 Å². The van der Waals surface area contributed by atoms with Crippen LogP contribution in [0.1, 0.15) is 11.3 Å². The average Bonchev–Trinajstić information content (AvgIpc) is 2.97. The summed E-state index contributed by atoms with van der Waals surface area (Å²) in [4.78, 5) is 11.9. The minimum Gasteiger partial charge on any atom is -0.467 e. The van der Waals surface area contributed by atoms with Gasteiger partial charge in [-0.05, 0) is 30.3 Å². The lowest BCUT2D eigenvalue weighted by atomic mass is 10.2. The van der Waals surface area contributed by atoms with Crippen molar-refractivity contribution in [3.8, 4) is 6.07 Å². The van der Waals surface area contributed by atoms with Gasteiger partial charge < -0.3 is 9.73 Å². The molecule has 20 heavy (non-hydrogen) atoms. The molecule has 0 aliphatic heterocycles. The lowest BCUT2D eigenvalue weighted by Gasteiger charge is -2.04. The second-order valence-corrected chi connectivity index (χ2v) is 4.92. The first-order valence-corrected chi connectivity index (χ1v) is 6.79. The maximum atomic E-state index is 13.6. The molecule has 0 saturated carbocycles. The van der Waals surface area contributed by atoms with Crippen molar-refractivity contribution < 1.29 is 13.6 Å². The minimum absolute atomic E-state index is 0.101. The molecule has 0 fully saturated rings. The number of thioether (sulfide) groups is 1. The van der Waals surface area contributed by atoms with Gasteiger partial charge in [-0.15, -0.1) is 11.8 Å². The molecule has 1 heterocycles. The highest BCUT2D eigenvalue weighted by atomic mass is 32.2. The van der Waals surface area contributed by atoms with Crippen LogP contribution in [0.15, 0.2) is 45.9 Å². The van der Waals surface area contributed by atoms with Gasteiger partial charge in [0.2, 0.25) is 5.91 Å². The second kappa shape index (κ2) is 6.78. The van der Waals surface area contributed by atoms with E-state index in [4.69, 9.17) is 9.68 Å². The number of benzene rings is 1. The number of carbonyl (C=O) groups excluding carboxylic acids is 1. The Hall–Kier alpha value is -2.26. The molecule has 0 saturated heterocycles. The number of hydrogen-bond acceptors (Lipinski definition) is 4. The number of halogens is 1. The zero-order valence-electron chi connectivity index (χ0n) is 10.4. The van der Waals surface area contributed by atoms with E-state index >= 15 is 0 Å². The monoisotopic (exact) mass is 290 g/mol. The van der Waals surface area contributed by atoms with Gasteiger partial charge in [-0.1, -0.05) is 0 Å². The number of nitrogens with one attached hydrogen (secondary N) is 1. The van der Waals surface area contributed by atoms with Crippen LogP contribution in [0.5, 0.6) is 0 Å². The average molecular weight is 290 g/mol. The maximum absolute atomic E-state index is 13.6. The van der Waals surface area contributed by atoms with Gasteiger partial charge in [0, 0.05) is 4.90 Å². The van der Waals surface area contributed by atoms with E-state index in [1.54, 1.807) is 12.1 Å². The highest BCUT2D eigenvalue weighted by Gasteiger charge is 2.08. The number of furan rings is 1. The van der Waals surface area contributed by atoms with E-state index < -0.39 is 5.82 Å². The number of carbonyl (C=O) groups is 1. The summed E-state index contributed by atoms with van der Waals surface area (Å²) in [5, 5.41) is 11.3. The Balaban J connectivity index is 1.83. The van der Waals surface area contributed by atoms with Crippen molar-refractivity contribution in [3.63, 3.8) is 0 Å². The molecule has 102 valence electrons. The van der Waals surface area contributed by atoms with Crippen LogP contribution >= 0.6 is 11.8 Å². The molecule has 0 radical (unpaired) electrons. The third-order valence-electron chi connectivity index (χ3n) is 2.46. The van der Waals surface area contributed by atoms with E-state index in [0.29, 0.717) is 17.2 Å². The highest BCUT2D eigenvalue weighted by molar-refractivity contribution is 8.00. The summed E-state index contributed by atoms with van der Waals surface area (Å²) in [5.74, 6) is 0.0553. The van der Waals surface area contributed by atoms with Gasteiger partial charge in [0.25, 0.3) is 0 Å². The topological polar surface area (TPSA) is 66.0 Å². The van der Waals surface area contributed by atoms with E-state index in [-0.39, 0.29) is 17.2 Å². The summed E-state index contributed by atoms with van der Waals surface area (Å²) in [6, 6.07) is 9.53. The molecule has 0 unspecified atom stereocenters. The molecule has 0 spiro atoms. The maximum Gasteiger partial charge on any atom is 0.230 e. The van der Waals surface area contributed by atoms with Crippen LogP contribution in [0.2, 0.25) is 0 Å². The second-order valence-electron chi connectivity index (χ2n) is 3.90. The van der Waals surface area contributed by atoms with Crippen LogP contribution in [0.25, 0.3) is 0 Å². The summed E-state index contributed by atoms with van der Waals surface area (Å²) in [6.07, 6.45) is 1.53. The fraction of sp³-hybridized carbons (Fsp3) is 0.143. The number of amides is 1. The van der Waals surface area contributed by atoms with E-state index in [1.807, 2.05) is 6.07 Å². The van der Waals surface area contributed by atoms with Crippen LogP contribution in [-0.4, -0.2) is 11.7 Å². The van der Waals surface area contributed by atoms with Crippen molar-refractivity contribution in [2.24, 2.45) is 0 Å². The highest BCUT2D eigenvalue weighted by Crippen LogP contribution is 2.22. The zero-order valence-corrected chi connectivity index (χ0v) is 11.2. The molecule has 1 N–H and O–H groups in total. The summed E-state index contributed by atoms with van der Waals surface area (Å²) in [7, 11) is 0. The van der Waals surface area contributed by atoms with Crippen LogP contribution in [0.3, 0.4) is 0 Å². The third kappa shape index (κ3) is 3.87. The van der Waals surface area contributed by atoms with E-state index in [2.05, 4.69) is 5.32 Å². The molecule has 2 aromatic rings. The Morgan fingerprint density at radius 3 is 2.95 bits per heavy atom. The Labute approximate surface area is 119 Å². The van der Waals surface area contributed by atoms with Crippen molar-refractivity contribution in [1.29, 1.82) is 5.26 Å². The largest absolute Gasteiger partial charge is 0.467 e. The predicted octanol–water partition coefficient (Wildman–Crippen LogP) is 2.70. The molecule has 0 aliphatic carbocycles. The normalized spacial score (nSPS) is 10.0. The molecule has 1 aromatic carbocycles. The molecule has 0 aliphatic rings. The van der Waals surface area contributed by atoms with Gasteiger partial charge in [0.1, 0.15) is 11.6 Å².